The minimum atomic E-state index is -0.641. The Hall–Kier alpha value is -3.27. The molecule has 2 rings (SSSR count). The van der Waals surface area contributed by atoms with Gasteiger partial charge < -0.3 is 33.5 Å². The van der Waals surface area contributed by atoms with Gasteiger partial charge in [0.1, 0.15) is 5.60 Å². The number of carbonyl (C=O) groups excluding carboxylic acids is 3. The molecule has 0 aromatic heterocycles. The molecule has 1 aliphatic heterocycles. The van der Waals surface area contributed by atoms with E-state index in [9.17, 15) is 14.4 Å². The Bertz CT molecular complexity index is 1080. The third-order valence-electron chi connectivity index (χ3n) is 6.95. The summed E-state index contributed by atoms with van der Waals surface area (Å²) in [6, 6.07) is 5.04. The van der Waals surface area contributed by atoms with Gasteiger partial charge in [0.05, 0.1) is 20.3 Å². The van der Waals surface area contributed by atoms with Gasteiger partial charge in [0.15, 0.2) is 11.5 Å². The molecule has 0 saturated carbocycles. The summed E-state index contributed by atoms with van der Waals surface area (Å²) in [5, 5.41) is 0. The Morgan fingerprint density at radius 1 is 1.07 bits per heavy atom. The second-order valence-corrected chi connectivity index (χ2v) is 11.7. The number of nitrogens with zero attached hydrogens (tertiary/aromatic N) is 2. The van der Waals surface area contributed by atoms with Gasteiger partial charge in [0.2, 0.25) is 0 Å². The highest BCUT2D eigenvalue weighted by Crippen LogP contribution is 2.32. The van der Waals surface area contributed by atoms with Crippen molar-refractivity contribution in [1.82, 2.24) is 9.80 Å². The van der Waals surface area contributed by atoms with Crippen molar-refractivity contribution >= 4 is 18.0 Å². The van der Waals surface area contributed by atoms with Crippen LogP contribution in [0.2, 0.25) is 0 Å². The van der Waals surface area contributed by atoms with Gasteiger partial charge in [0.25, 0.3) is 5.91 Å². The van der Waals surface area contributed by atoms with Crippen LogP contribution in [0.25, 0.3) is 0 Å². The fraction of sp³-hybridized carbons (Fsp3) is 0.656. The molecule has 236 valence electrons. The maximum atomic E-state index is 13.9. The molecule has 2 amide bonds. The number of carbonyl (C=O) groups is 3. The van der Waals surface area contributed by atoms with E-state index in [0.29, 0.717) is 68.3 Å². The van der Waals surface area contributed by atoms with Crippen LogP contribution in [0.4, 0.5) is 4.79 Å². The van der Waals surface area contributed by atoms with Crippen molar-refractivity contribution < 1.29 is 38.1 Å². The van der Waals surface area contributed by atoms with Crippen molar-refractivity contribution in [3.05, 3.63) is 35.4 Å². The van der Waals surface area contributed by atoms with Crippen molar-refractivity contribution in [1.29, 1.82) is 0 Å². The summed E-state index contributed by atoms with van der Waals surface area (Å²) >= 11 is 0. The van der Waals surface area contributed by atoms with Crippen molar-refractivity contribution in [3.63, 3.8) is 0 Å². The summed E-state index contributed by atoms with van der Waals surface area (Å²) in [5.74, 6) is 0.226. The van der Waals surface area contributed by atoms with Crippen LogP contribution in [-0.2, 0) is 19.0 Å². The van der Waals surface area contributed by atoms with Crippen molar-refractivity contribution in [2.45, 2.75) is 73.0 Å². The summed E-state index contributed by atoms with van der Waals surface area (Å²) in [5.41, 5.74) is 0.393. The number of esters is 1. The van der Waals surface area contributed by atoms with E-state index in [-0.39, 0.29) is 36.4 Å². The Kier molecular flexibility index (Phi) is 13.6. The zero-order valence-corrected chi connectivity index (χ0v) is 26.9. The molecular weight excluding hydrogens is 540 g/mol. The lowest BCUT2D eigenvalue weighted by Crippen LogP contribution is -2.42. The smallest absolute Gasteiger partial charge is 0.410 e. The van der Waals surface area contributed by atoms with E-state index in [1.165, 1.54) is 0 Å². The van der Waals surface area contributed by atoms with Crippen LogP contribution in [0.5, 0.6) is 11.5 Å². The standard InChI is InChI=1S/C32H50N2O8/c1-10-23(30(36)40-11-2)17-25-19-33(31(37)42-32(5,6)7)20-26(25)21-34(22(3)4)29(35)24-13-14-27(39-9)28(18-24)41-16-12-15-38-8/h13-14,17-18,22,25-26H,10-12,15-16,19-21H2,1-9H3/b23-17+/t25-,26+/m1/s1. The first-order chi connectivity index (χ1) is 19.8. The highest BCUT2D eigenvalue weighted by Gasteiger charge is 2.39. The van der Waals surface area contributed by atoms with Gasteiger partial charge in [-0.2, -0.15) is 0 Å². The van der Waals surface area contributed by atoms with Crippen molar-refractivity contribution in [3.8, 4) is 11.5 Å². The topological polar surface area (TPSA) is 104 Å². The van der Waals surface area contributed by atoms with E-state index >= 15 is 0 Å². The predicted molar refractivity (Wildman–Crippen MR) is 161 cm³/mol. The Balaban J connectivity index is 2.37. The number of benzene rings is 1. The minimum absolute atomic E-state index is 0.122. The maximum Gasteiger partial charge on any atom is 0.410 e. The maximum absolute atomic E-state index is 13.9. The Labute approximate surface area is 251 Å². The summed E-state index contributed by atoms with van der Waals surface area (Å²) in [6.07, 6.45) is 2.70. The highest BCUT2D eigenvalue weighted by molar-refractivity contribution is 5.95. The molecule has 0 unspecified atom stereocenters. The van der Waals surface area contributed by atoms with E-state index in [1.54, 1.807) is 49.1 Å². The van der Waals surface area contributed by atoms with E-state index in [2.05, 4.69) is 0 Å². The van der Waals surface area contributed by atoms with Crippen LogP contribution in [0.1, 0.15) is 71.7 Å². The first kappa shape index (κ1) is 34.9. The number of likely N-dealkylation sites (tertiary alicyclic amines) is 1. The fourth-order valence-electron chi connectivity index (χ4n) is 4.82. The summed E-state index contributed by atoms with van der Waals surface area (Å²) in [4.78, 5) is 43.0. The molecule has 0 spiro atoms. The summed E-state index contributed by atoms with van der Waals surface area (Å²) in [6.45, 7) is 15.5. The largest absolute Gasteiger partial charge is 0.493 e. The van der Waals surface area contributed by atoms with Crippen molar-refractivity contribution in [2.75, 3.05) is 53.7 Å². The molecular formula is C32H50N2O8. The lowest BCUT2D eigenvalue weighted by molar-refractivity contribution is -0.138. The molecule has 0 bridgehead atoms. The zero-order chi connectivity index (χ0) is 31.4. The second kappa shape index (κ2) is 16.4. The molecule has 1 saturated heterocycles. The predicted octanol–water partition coefficient (Wildman–Crippen LogP) is 5.34. The molecule has 1 heterocycles. The van der Waals surface area contributed by atoms with E-state index in [4.69, 9.17) is 23.7 Å². The molecule has 10 nitrogen and oxygen atoms in total. The first-order valence-electron chi connectivity index (χ1n) is 14.8. The SMILES string of the molecule is CCOC(=O)/C(=C/[C@@H]1CN(C(=O)OC(C)(C)C)C[C@H]1CN(C(=O)c1ccc(OC)c(OCCCOC)c1)C(C)C)CC. The minimum Gasteiger partial charge on any atom is -0.493 e. The van der Waals surface area contributed by atoms with Crippen LogP contribution < -0.4 is 9.47 Å². The third kappa shape index (κ3) is 10.2. The summed E-state index contributed by atoms with van der Waals surface area (Å²) in [7, 11) is 3.20. The second-order valence-electron chi connectivity index (χ2n) is 11.7. The lowest BCUT2D eigenvalue weighted by Gasteiger charge is -2.31. The molecule has 0 radical (unpaired) electrons. The van der Waals surface area contributed by atoms with E-state index in [1.807, 2.05) is 47.6 Å². The third-order valence-corrected chi connectivity index (χ3v) is 6.95. The molecule has 1 aromatic rings. The number of methoxy groups -OCH3 is 2. The van der Waals surface area contributed by atoms with Gasteiger partial charge in [-0.25, -0.2) is 9.59 Å². The Morgan fingerprint density at radius 2 is 1.79 bits per heavy atom. The molecule has 42 heavy (non-hydrogen) atoms. The van der Waals surface area contributed by atoms with E-state index < -0.39 is 11.7 Å². The van der Waals surface area contributed by atoms with Gasteiger partial charge in [-0.1, -0.05) is 13.0 Å². The first-order valence-corrected chi connectivity index (χ1v) is 14.8. The van der Waals surface area contributed by atoms with E-state index in [0.717, 1.165) is 0 Å². The van der Waals surface area contributed by atoms with Crippen molar-refractivity contribution in [2.24, 2.45) is 11.8 Å². The van der Waals surface area contributed by atoms with Crippen LogP contribution in [0.15, 0.2) is 29.8 Å². The molecule has 1 aromatic carbocycles. The van der Waals surface area contributed by atoms with Gasteiger partial charge in [-0.15, -0.1) is 0 Å². The molecule has 0 aliphatic carbocycles. The number of hydrogen-bond acceptors (Lipinski definition) is 8. The Morgan fingerprint density at radius 3 is 2.36 bits per heavy atom. The van der Waals surface area contributed by atoms with Gasteiger partial charge in [-0.3, -0.25) is 4.79 Å². The highest BCUT2D eigenvalue weighted by atomic mass is 16.6. The molecule has 0 N–H and O–H groups in total. The average molecular weight is 591 g/mol. The van der Waals surface area contributed by atoms with Crippen LogP contribution in [-0.4, -0.2) is 93.1 Å². The molecule has 2 atom stereocenters. The monoisotopic (exact) mass is 590 g/mol. The lowest BCUT2D eigenvalue weighted by atomic mass is 9.92. The van der Waals surface area contributed by atoms with Gasteiger partial charge in [-0.05, 0) is 66.2 Å². The summed E-state index contributed by atoms with van der Waals surface area (Å²) < 4.78 is 27.4. The fourth-order valence-corrected chi connectivity index (χ4v) is 4.82. The molecule has 1 fully saturated rings. The quantitative estimate of drug-likeness (QED) is 0.162. The number of hydrogen-bond donors (Lipinski definition) is 0. The van der Waals surface area contributed by atoms with Crippen LogP contribution >= 0.6 is 0 Å². The average Bonchev–Trinajstić information content (AvgIpc) is 3.33. The molecule has 1 aliphatic rings. The zero-order valence-electron chi connectivity index (χ0n) is 26.9. The number of amides is 2. The number of ether oxygens (including phenoxy) is 5. The van der Waals surface area contributed by atoms with Crippen LogP contribution in [0.3, 0.4) is 0 Å². The van der Waals surface area contributed by atoms with Gasteiger partial charge >= 0.3 is 12.1 Å². The van der Waals surface area contributed by atoms with Gasteiger partial charge in [0, 0.05) is 68.8 Å². The molecule has 10 heteroatoms. The number of rotatable bonds is 14. The van der Waals surface area contributed by atoms with Crippen LogP contribution in [0, 0.1) is 11.8 Å². The normalized spacial score (nSPS) is 17.3.